The lowest BCUT2D eigenvalue weighted by Gasteiger charge is -1.80. The molecule has 0 saturated heterocycles. The van der Waals surface area contributed by atoms with Gasteiger partial charge in [-0.05, 0) is 6.42 Å². The van der Waals surface area contributed by atoms with Crippen LogP contribution in [0, 0.1) is 5.41 Å². The van der Waals surface area contributed by atoms with Crippen LogP contribution in [-0.2, 0) is 9.53 Å². The molecule has 0 aliphatic heterocycles. The Morgan fingerprint density at radius 2 is 2.17 bits per heavy atom. The van der Waals surface area contributed by atoms with Crippen LogP contribution < -0.4 is 5.73 Å². The van der Waals surface area contributed by atoms with Gasteiger partial charge in [-0.2, -0.15) is 0 Å². The summed E-state index contributed by atoms with van der Waals surface area (Å²) >= 11 is 0. The van der Waals surface area contributed by atoms with Gasteiger partial charge in [0.15, 0.2) is 0 Å². The molecular formula is C7H15N3O2. The standard InChI is InChI=1S/C4H9N3.C3H6O2/c1-2-3-7-4(5)6;1-3(4)5-2/h3H,2H2,1H3,(H3,5,6);1-2H3. The molecule has 5 heteroatoms. The number of carbonyl (C=O) groups is 1. The van der Waals surface area contributed by atoms with E-state index in [0.717, 1.165) is 6.42 Å². The molecule has 0 fully saturated rings. The summed E-state index contributed by atoms with van der Waals surface area (Å²) in [6, 6.07) is 0. The largest absolute Gasteiger partial charge is 0.469 e. The van der Waals surface area contributed by atoms with Gasteiger partial charge < -0.3 is 10.5 Å². The lowest BCUT2D eigenvalue weighted by molar-refractivity contribution is -0.137. The number of carbonyl (C=O) groups excluding carboxylic acids is 1. The average Bonchev–Trinajstić information content (AvgIpc) is 2.02. The zero-order valence-electron chi connectivity index (χ0n) is 7.63. The molecule has 0 bridgehead atoms. The molecule has 0 aliphatic rings. The number of rotatable bonds is 1. The molecule has 0 heterocycles. The van der Waals surface area contributed by atoms with Gasteiger partial charge in [-0.3, -0.25) is 10.2 Å². The van der Waals surface area contributed by atoms with Crippen molar-refractivity contribution in [2.75, 3.05) is 7.11 Å². The highest BCUT2D eigenvalue weighted by molar-refractivity contribution is 5.83. The van der Waals surface area contributed by atoms with Gasteiger partial charge in [0, 0.05) is 13.1 Å². The smallest absolute Gasteiger partial charge is 0.302 e. The summed E-state index contributed by atoms with van der Waals surface area (Å²) in [4.78, 5) is 13.1. The first-order valence-electron chi connectivity index (χ1n) is 3.45. The second-order valence-corrected chi connectivity index (χ2v) is 1.80. The van der Waals surface area contributed by atoms with Gasteiger partial charge >= 0.3 is 5.97 Å². The van der Waals surface area contributed by atoms with Crippen LogP contribution in [0.2, 0.25) is 0 Å². The van der Waals surface area contributed by atoms with Crippen molar-refractivity contribution in [1.82, 2.24) is 0 Å². The number of nitrogens with one attached hydrogen (secondary N) is 1. The monoisotopic (exact) mass is 173 g/mol. The maximum Gasteiger partial charge on any atom is 0.302 e. The molecule has 0 aromatic carbocycles. The maximum atomic E-state index is 9.59. The van der Waals surface area contributed by atoms with Crippen LogP contribution in [0.15, 0.2) is 4.99 Å². The first kappa shape index (κ1) is 13.2. The van der Waals surface area contributed by atoms with E-state index in [4.69, 9.17) is 11.1 Å². The molecule has 0 spiro atoms. The highest BCUT2D eigenvalue weighted by Crippen LogP contribution is 1.66. The minimum atomic E-state index is -0.245. The zero-order valence-corrected chi connectivity index (χ0v) is 7.63. The number of nitrogens with two attached hydrogens (primary N) is 1. The van der Waals surface area contributed by atoms with Gasteiger partial charge in [0.05, 0.1) is 7.11 Å². The summed E-state index contributed by atoms with van der Waals surface area (Å²) in [5, 5.41) is 6.58. The number of ether oxygens (including phenoxy) is 1. The first-order chi connectivity index (χ1) is 5.54. The van der Waals surface area contributed by atoms with E-state index in [2.05, 4.69) is 9.73 Å². The molecule has 0 saturated carbocycles. The third-order valence-corrected chi connectivity index (χ3v) is 0.700. The Bertz CT molecular complexity index is 166. The fourth-order valence-electron chi connectivity index (χ4n) is 0.190. The molecular weight excluding hydrogens is 158 g/mol. The fourth-order valence-corrected chi connectivity index (χ4v) is 0.190. The molecule has 0 atom stereocenters. The molecule has 3 N–H and O–H groups in total. The zero-order chi connectivity index (χ0) is 9.98. The van der Waals surface area contributed by atoms with Gasteiger partial charge in [-0.25, -0.2) is 4.99 Å². The molecule has 0 rings (SSSR count). The van der Waals surface area contributed by atoms with Crippen molar-refractivity contribution in [2.45, 2.75) is 20.3 Å². The number of nitrogens with zero attached hydrogens (tertiary/aromatic N) is 1. The van der Waals surface area contributed by atoms with E-state index in [-0.39, 0.29) is 11.9 Å². The van der Waals surface area contributed by atoms with Crippen molar-refractivity contribution in [2.24, 2.45) is 10.7 Å². The summed E-state index contributed by atoms with van der Waals surface area (Å²) < 4.78 is 4.11. The Morgan fingerprint density at radius 3 is 2.25 bits per heavy atom. The first-order valence-corrected chi connectivity index (χ1v) is 3.45. The third-order valence-electron chi connectivity index (χ3n) is 0.700. The Hall–Kier alpha value is -1.39. The SMILES string of the molecule is CCC=NC(=N)N.COC(C)=O. The van der Waals surface area contributed by atoms with Crippen molar-refractivity contribution in [1.29, 1.82) is 5.41 Å². The van der Waals surface area contributed by atoms with E-state index in [9.17, 15) is 4.79 Å². The van der Waals surface area contributed by atoms with E-state index in [0.29, 0.717) is 0 Å². The van der Waals surface area contributed by atoms with E-state index >= 15 is 0 Å². The number of guanidine groups is 1. The van der Waals surface area contributed by atoms with E-state index in [1.54, 1.807) is 6.21 Å². The predicted molar refractivity (Wildman–Crippen MR) is 48.4 cm³/mol. The van der Waals surface area contributed by atoms with Crippen LogP contribution in [0.3, 0.4) is 0 Å². The highest BCUT2D eigenvalue weighted by atomic mass is 16.5. The van der Waals surface area contributed by atoms with Crippen molar-refractivity contribution in [3.63, 3.8) is 0 Å². The molecule has 0 unspecified atom stereocenters. The minimum Gasteiger partial charge on any atom is -0.469 e. The van der Waals surface area contributed by atoms with Crippen LogP contribution in [0.1, 0.15) is 20.3 Å². The van der Waals surface area contributed by atoms with Crippen LogP contribution in [-0.4, -0.2) is 25.3 Å². The van der Waals surface area contributed by atoms with Gasteiger partial charge in [-0.1, -0.05) is 6.92 Å². The Kier molecular flexibility index (Phi) is 10.6. The fraction of sp³-hybridized carbons (Fsp3) is 0.571. The molecule has 12 heavy (non-hydrogen) atoms. The number of aliphatic imine (C=N–C) groups is 1. The lowest BCUT2D eigenvalue weighted by Crippen LogP contribution is -2.04. The van der Waals surface area contributed by atoms with Crippen molar-refractivity contribution in [3.05, 3.63) is 0 Å². The number of hydrogen-bond donors (Lipinski definition) is 2. The van der Waals surface area contributed by atoms with Crippen LogP contribution in [0.25, 0.3) is 0 Å². The van der Waals surface area contributed by atoms with Crippen molar-refractivity contribution >= 4 is 18.1 Å². The van der Waals surface area contributed by atoms with Crippen molar-refractivity contribution in [3.8, 4) is 0 Å². The van der Waals surface area contributed by atoms with Gasteiger partial charge in [0.25, 0.3) is 0 Å². The molecule has 0 radical (unpaired) electrons. The summed E-state index contributed by atoms with van der Waals surface area (Å²) in [7, 11) is 1.35. The molecule has 0 amide bonds. The summed E-state index contributed by atoms with van der Waals surface area (Å²) in [5.41, 5.74) is 4.86. The molecule has 0 aromatic rings. The van der Waals surface area contributed by atoms with E-state index < -0.39 is 0 Å². The Balaban J connectivity index is 0. The number of esters is 1. The summed E-state index contributed by atoms with van der Waals surface area (Å²) in [5.74, 6) is -0.369. The second-order valence-electron chi connectivity index (χ2n) is 1.80. The number of hydrogen-bond acceptors (Lipinski definition) is 3. The molecule has 5 nitrogen and oxygen atoms in total. The topological polar surface area (TPSA) is 88.5 Å². The number of methoxy groups -OCH3 is 1. The van der Waals surface area contributed by atoms with Gasteiger partial charge in [0.1, 0.15) is 0 Å². The maximum absolute atomic E-state index is 9.59. The summed E-state index contributed by atoms with van der Waals surface area (Å²) in [6.45, 7) is 3.30. The van der Waals surface area contributed by atoms with Crippen LogP contribution >= 0.6 is 0 Å². The summed E-state index contributed by atoms with van der Waals surface area (Å²) in [6.07, 6.45) is 2.43. The second kappa shape index (κ2) is 9.61. The normalized spacial score (nSPS) is 8.58. The van der Waals surface area contributed by atoms with E-state index in [1.165, 1.54) is 14.0 Å². The molecule has 0 aromatic heterocycles. The Morgan fingerprint density at radius 1 is 1.75 bits per heavy atom. The van der Waals surface area contributed by atoms with Gasteiger partial charge in [0.2, 0.25) is 5.96 Å². The predicted octanol–water partition coefficient (Wildman–Crippen LogP) is 0.540. The Labute approximate surface area is 72.1 Å². The molecule has 0 aliphatic carbocycles. The van der Waals surface area contributed by atoms with E-state index in [1.807, 2.05) is 6.92 Å². The van der Waals surface area contributed by atoms with Crippen molar-refractivity contribution < 1.29 is 9.53 Å². The van der Waals surface area contributed by atoms with Crippen LogP contribution in [0.4, 0.5) is 0 Å². The average molecular weight is 173 g/mol. The third kappa shape index (κ3) is 23.5. The highest BCUT2D eigenvalue weighted by Gasteiger charge is 1.75. The minimum absolute atomic E-state index is 0.123. The van der Waals surface area contributed by atoms with Gasteiger partial charge in [-0.15, -0.1) is 0 Å². The van der Waals surface area contributed by atoms with Crippen LogP contribution in [0.5, 0.6) is 0 Å². The lowest BCUT2D eigenvalue weighted by atomic mass is 10.5. The quantitative estimate of drug-likeness (QED) is 0.344. The molecule has 70 valence electrons.